The first-order valence-electron chi connectivity index (χ1n) is 3.77. The molecule has 0 aromatic heterocycles. The zero-order valence-corrected chi connectivity index (χ0v) is 7.32. The Morgan fingerprint density at radius 1 is 1.20 bits per heavy atom. The Morgan fingerprint density at radius 3 is 2.33 bits per heavy atom. The molecule has 0 atom stereocenters. The van der Waals surface area contributed by atoms with Crippen LogP contribution in [0.15, 0.2) is 23.4 Å². The number of benzene rings is 1. The maximum absolute atomic E-state index is 10.6. The van der Waals surface area contributed by atoms with Crippen LogP contribution in [0.1, 0.15) is 5.56 Å². The standard InChI is InChI=1S/C7H5N3O5/c11-8-4-5-2-1-3-6(9(12)13)7(5)10(14)15/h1-3H,4H2. The number of hydrogen-bond donors (Lipinski definition) is 0. The minimum Gasteiger partial charge on any atom is -0.258 e. The summed E-state index contributed by atoms with van der Waals surface area (Å²) < 4.78 is 0. The fourth-order valence-electron chi connectivity index (χ4n) is 1.13. The van der Waals surface area contributed by atoms with Crippen molar-refractivity contribution in [2.75, 3.05) is 0 Å². The van der Waals surface area contributed by atoms with Crippen LogP contribution in [0, 0.1) is 25.1 Å². The van der Waals surface area contributed by atoms with E-state index in [0.29, 0.717) is 0 Å². The molecule has 8 nitrogen and oxygen atoms in total. The SMILES string of the molecule is O=NCc1cccc([N+](=O)[O-])c1[N+](=O)[O-]. The van der Waals surface area contributed by atoms with Gasteiger partial charge in [0.1, 0.15) is 6.54 Å². The summed E-state index contributed by atoms with van der Waals surface area (Å²) in [5, 5.41) is 23.5. The molecule has 0 radical (unpaired) electrons. The van der Waals surface area contributed by atoms with E-state index in [-0.39, 0.29) is 5.56 Å². The molecule has 0 bridgehead atoms. The Kier molecular flexibility index (Phi) is 3.01. The average Bonchev–Trinajstić information content (AvgIpc) is 2.17. The molecule has 15 heavy (non-hydrogen) atoms. The van der Waals surface area contributed by atoms with Gasteiger partial charge in [-0.3, -0.25) is 20.2 Å². The lowest BCUT2D eigenvalue weighted by Crippen LogP contribution is -2.00. The molecule has 0 aliphatic carbocycles. The number of nitro benzene ring substituents is 2. The predicted molar refractivity (Wildman–Crippen MR) is 49.2 cm³/mol. The van der Waals surface area contributed by atoms with E-state index in [0.717, 1.165) is 6.07 Å². The summed E-state index contributed by atoms with van der Waals surface area (Å²) in [6, 6.07) is 3.53. The van der Waals surface area contributed by atoms with Gasteiger partial charge in [-0.2, -0.15) is 4.91 Å². The largest absolute Gasteiger partial charge is 0.351 e. The highest BCUT2D eigenvalue weighted by Gasteiger charge is 2.27. The summed E-state index contributed by atoms with van der Waals surface area (Å²) in [5.41, 5.74) is -1.38. The number of para-hydroxylation sites is 1. The number of nitro groups is 2. The third-order valence-corrected chi connectivity index (χ3v) is 1.71. The Labute approximate surface area is 82.8 Å². The van der Waals surface area contributed by atoms with Crippen molar-refractivity contribution in [2.45, 2.75) is 6.54 Å². The van der Waals surface area contributed by atoms with Crippen molar-refractivity contribution in [2.24, 2.45) is 5.18 Å². The van der Waals surface area contributed by atoms with Gasteiger partial charge in [-0.25, -0.2) is 0 Å². The smallest absolute Gasteiger partial charge is 0.258 e. The minimum absolute atomic E-state index is 0.0656. The molecule has 0 heterocycles. The Morgan fingerprint density at radius 2 is 1.87 bits per heavy atom. The first-order chi connectivity index (χ1) is 7.07. The molecule has 78 valence electrons. The Bertz CT molecular complexity index is 431. The van der Waals surface area contributed by atoms with E-state index in [1.807, 2.05) is 0 Å². The molecule has 0 fully saturated rings. The molecular formula is C7H5N3O5. The minimum atomic E-state index is -0.890. The van der Waals surface area contributed by atoms with Crippen molar-refractivity contribution in [3.05, 3.63) is 48.9 Å². The highest BCUT2D eigenvalue weighted by atomic mass is 16.6. The van der Waals surface area contributed by atoms with E-state index in [4.69, 9.17) is 0 Å². The fraction of sp³-hybridized carbons (Fsp3) is 0.143. The van der Waals surface area contributed by atoms with Gasteiger partial charge in [-0.05, 0) is 6.07 Å². The second kappa shape index (κ2) is 4.22. The van der Waals surface area contributed by atoms with E-state index in [1.165, 1.54) is 12.1 Å². The zero-order valence-electron chi connectivity index (χ0n) is 7.32. The molecule has 0 aliphatic heterocycles. The zero-order chi connectivity index (χ0) is 11.4. The van der Waals surface area contributed by atoms with Gasteiger partial charge in [0.25, 0.3) is 0 Å². The van der Waals surface area contributed by atoms with Gasteiger partial charge in [-0.15, -0.1) is 0 Å². The van der Waals surface area contributed by atoms with Crippen molar-refractivity contribution in [1.82, 2.24) is 0 Å². The van der Waals surface area contributed by atoms with Crippen LogP contribution < -0.4 is 0 Å². The quantitative estimate of drug-likeness (QED) is 0.427. The van der Waals surface area contributed by atoms with Crippen LogP contribution >= 0.6 is 0 Å². The van der Waals surface area contributed by atoms with Crippen LogP contribution in [0.2, 0.25) is 0 Å². The lowest BCUT2D eigenvalue weighted by molar-refractivity contribution is -0.423. The normalized spacial score (nSPS) is 9.60. The number of rotatable bonds is 4. The predicted octanol–water partition coefficient (Wildman–Crippen LogP) is 1.77. The summed E-state index contributed by atoms with van der Waals surface area (Å²) in [4.78, 5) is 29.3. The summed E-state index contributed by atoms with van der Waals surface area (Å²) in [5.74, 6) is 0. The van der Waals surface area contributed by atoms with Crippen molar-refractivity contribution in [3.8, 4) is 0 Å². The van der Waals surface area contributed by atoms with Gasteiger partial charge >= 0.3 is 11.4 Å². The third-order valence-electron chi connectivity index (χ3n) is 1.71. The van der Waals surface area contributed by atoms with Crippen molar-refractivity contribution < 1.29 is 9.85 Å². The number of nitroso groups, excluding NO2 is 1. The van der Waals surface area contributed by atoms with Gasteiger partial charge in [0.05, 0.1) is 15.4 Å². The molecule has 8 heteroatoms. The second-order valence-corrected chi connectivity index (χ2v) is 2.59. The van der Waals surface area contributed by atoms with Crippen molar-refractivity contribution in [3.63, 3.8) is 0 Å². The maximum atomic E-state index is 10.6. The van der Waals surface area contributed by atoms with Crippen LogP contribution in [0.4, 0.5) is 11.4 Å². The third kappa shape index (κ3) is 2.10. The molecular weight excluding hydrogens is 206 g/mol. The highest BCUT2D eigenvalue weighted by Crippen LogP contribution is 2.30. The van der Waals surface area contributed by atoms with E-state index in [2.05, 4.69) is 5.18 Å². The molecule has 1 rings (SSSR count). The molecule has 0 saturated heterocycles. The van der Waals surface area contributed by atoms with Gasteiger partial charge in [0.15, 0.2) is 0 Å². The molecule has 0 amide bonds. The fourth-order valence-corrected chi connectivity index (χ4v) is 1.13. The van der Waals surface area contributed by atoms with Gasteiger partial charge in [0, 0.05) is 6.07 Å². The van der Waals surface area contributed by atoms with E-state index in [1.54, 1.807) is 0 Å². The molecule has 0 unspecified atom stereocenters. The van der Waals surface area contributed by atoms with Crippen molar-refractivity contribution in [1.29, 1.82) is 0 Å². The molecule has 0 saturated carbocycles. The van der Waals surface area contributed by atoms with Crippen molar-refractivity contribution >= 4 is 11.4 Å². The van der Waals surface area contributed by atoms with E-state index >= 15 is 0 Å². The molecule has 1 aromatic carbocycles. The van der Waals surface area contributed by atoms with Crippen LogP contribution in [0.5, 0.6) is 0 Å². The highest BCUT2D eigenvalue weighted by molar-refractivity contribution is 5.57. The van der Waals surface area contributed by atoms with Crippen LogP contribution in [-0.2, 0) is 6.54 Å². The van der Waals surface area contributed by atoms with Crippen LogP contribution in [0.25, 0.3) is 0 Å². The van der Waals surface area contributed by atoms with Gasteiger partial charge < -0.3 is 0 Å². The first-order valence-corrected chi connectivity index (χ1v) is 3.77. The van der Waals surface area contributed by atoms with E-state index < -0.39 is 27.8 Å². The monoisotopic (exact) mass is 211 g/mol. The summed E-state index contributed by atoms with van der Waals surface area (Å²) >= 11 is 0. The molecule has 0 N–H and O–H groups in total. The number of nitrogens with zero attached hydrogens (tertiary/aromatic N) is 3. The topological polar surface area (TPSA) is 116 Å². The Hall–Kier alpha value is -2.38. The van der Waals surface area contributed by atoms with E-state index in [9.17, 15) is 25.1 Å². The summed E-state index contributed by atoms with van der Waals surface area (Å²) in [7, 11) is 0. The number of hydrogen-bond acceptors (Lipinski definition) is 6. The lowest BCUT2D eigenvalue weighted by atomic mass is 10.1. The molecule has 1 aromatic rings. The van der Waals surface area contributed by atoms with Crippen LogP contribution in [0.3, 0.4) is 0 Å². The summed E-state index contributed by atoms with van der Waals surface area (Å²) in [6.45, 7) is -0.460. The first kappa shape index (κ1) is 10.7. The Balaban J connectivity index is 3.40. The molecule has 0 spiro atoms. The lowest BCUT2D eigenvalue weighted by Gasteiger charge is -1.98. The maximum Gasteiger partial charge on any atom is 0.351 e. The molecule has 0 aliphatic rings. The summed E-state index contributed by atoms with van der Waals surface area (Å²) in [6.07, 6.45) is 0. The van der Waals surface area contributed by atoms with Gasteiger partial charge in [0.2, 0.25) is 0 Å². The van der Waals surface area contributed by atoms with Gasteiger partial charge in [-0.1, -0.05) is 11.2 Å². The second-order valence-electron chi connectivity index (χ2n) is 2.59. The van der Waals surface area contributed by atoms with Crippen LogP contribution in [-0.4, -0.2) is 9.85 Å². The average molecular weight is 211 g/mol.